The zero-order chi connectivity index (χ0) is 9.00. The summed E-state index contributed by atoms with van der Waals surface area (Å²) in [5, 5.41) is 0. The van der Waals surface area contributed by atoms with E-state index in [4.69, 9.17) is 33.4 Å². The normalized spacial score (nSPS) is 8.29. The number of hydrogen-bond acceptors (Lipinski definition) is 8. The Morgan fingerprint density at radius 3 is 0.929 bits per heavy atom. The molecule has 0 radical (unpaired) electrons. The summed E-state index contributed by atoms with van der Waals surface area (Å²) in [5.41, 5.74) is 0. The second-order valence-electron chi connectivity index (χ2n) is 0.816. The molecule has 0 aliphatic carbocycles. The molecular formula is Ca2CdCrO8SZn+4. The van der Waals surface area contributed by atoms with Gasteiger partial charge in [0.25, 0.3) is 0 Å². The van der Waals surface area contributed by atoms with E-state index >= 15 is 0 Å². The zero-order valence-electron chi connectivity index (χ0n) is 6.91. The molecule has 0 atom stereocenters. The van der Waals surface area contributed by atoms with Crippen molar-refractivity contribution in [1.82, 2.24) is 0 Å². The van der Waals surface area contributed by atoms with Gasteiger partial charge in [0.1, 0.15) is 0 Å². The minimum absolute atomic E-state index is 0. The van der Waals surface area contributed by atoms with Crippen LogP contribution in [0.4, 0.5) is 0 Å². The molecule has 0 rings (SSSR count). The molecule has 0 saturated heterocycles. The third-order valence-electron chi connectivity index (χ3n) is 0. The van der Waals surface area contributed by atoms with Crippen molar-refractivity contribution in [2.75, 3.05) is 0 Å². The van der Waals surface area contributed by atoms with Crippen LogP contribution in [0.1, 0.15) is 0 Å². The molecule has 0 bridgehead atoms. The number of rotatable bonds is 0. The predicted molar refractivity (Wildman–Crippen MR) is 23.4 cm³/mol. The standard InChI is InChI=1S/2Ca.Cd.Cr.H2O4S.4O.Zn/c;;;;1-5(2,3)4;;;;;/h;;;;(H2,1,2,3,4);;;;;/q3*+2;;;;;2*-1;+2/p-2. The molecule has 0 saturated carbocycles. The van der Waals surface area contributed by atoms with Gasteiger partial charge < -0.3 is 9.11 Å². The Hall–Kier alpha value is 3.99. The van der Waals surface area contributed by atoms with Gasteiger partial charge in [-0.2, -0.15) is 0 Å². The monoisotopic (exact) mass is 470 g/mol. The van der Waals surface area contributed by atoms with Gasteiger partial charge in [-0.05, 0) is 0 Å². The van der Waals surface area contributed by atoms with Gasteiger partial charge in [0, 0.05) is 10.4 Å². The molecule has 8 nitrogen and oxygen atoms in total. The van der Waals surface area contributed by atoms with Crippen LogP contribution in [0, 0.1) is 0 Å². The largest absolute Gasteiger partial charge is 2.00 e. The maximum atomic E-state index is 8.59. The summed E-state index contributed by atoms with van der Waals surface area (Å²) in [6.07, 6.45) is 0. The molecule has 0 aliphatic rings. The average molecular weight is 470 g/mol. The summed E-state index contributed by atoms with van der Waals surface area (Å²) in [6.45, 7) is 0. The molecule has 0 aromatic heterocycles. The van der Waals surface area contributed by atoms with Crippen LogP contribution < -0.4 is 8.32 Å². The van der Waals surface area contributed by atoms with Crippen LogP contribution in [0.3, 0.4) is 0 Å². The summed E-state index contributed by atoms with van der Waals surface area (Å²) in [6, 6.07) is 0. The fourth-order valence-electron chi connectivity index (χ4n) is 0. The van der Waals surface area contributed by atoms with Gasteiger partial charge in [-0.1, -0.05) is 0 Å². The van der Waals surface area contributed by atoms with E-state index in [9.17, 15) is 0 Å². The van der Waals surface area contributed by atoms with Crippen molar-refractivity contribution in [2.45, 2.75) is 0 Å². The third kappa shape index (κ3) is 226. The first-order chi connectivity index (χ1) is 4.00. The van der Waals surface area contributed by atoms with Crippen LogP contribution in [0.25, 0.3) is 0 Å². The summed E-state index contributed by atoms with van der Waals surface area (Å²) in [7, 11) is -5.17. The molecule has 14 heteroatoms. The molecule has 0 amide bonds. The van der Waals surface area contributed by atoms with Crippen molar-refractivity contribution in [3.63, 3.8) is 0 Å². The predicted octanol–water partition coefficient (Wildman–Crippen LogP) is -4.72. The van der Waals surface area contributed by atoms with Crippen molar-refractivity contribution in [3.05, 3.63) is 0 Å². The molecule has 0 spiro atoms. The van der Waals surface area contributed by atoms with Crippen LogP contribution in [0.15, 0.2) is 0 Å². The zero-order valence-corrected chi connectivity index (χ0v) is 20.4. The molecule has 0 heterocycles. The van der Waals surface area contributed by atoms with Crippen molar-refractivity contribution in [3.8, 4) is 0 Å². The van der Waals surface area contributed by atoms with Gasteiger partial charge in [0.2, 0.25) is 0 Å². The van der Waals surface area contributed by atoms with Gasteiger partial charge in [0.15, 0.2) is 0 Å². The molecule has 64 valence electrons. The first-order valence-corrected chi connectivity index (χ1v) is 4.75. The Morgan fingerprint density at radius 2 is 0.929 bits per heavy atom. The SMILES string of the molecule is O=S(=O)([O-])[O-].[Ca+2].[Ca+2].[Cd+2].[O]=[Cr](=[O])([O-])[O-].[Zn+2]. The molecule has 0 unspecified atom stereocenters. The van der Waals surface area contributed by atoms with E-state index in [1.54, 1.807) is 0 Å². The molecule has 0 fully saturated rings. The van der Waals surface area contributed by atoms with Crippen LogP contribution in [0.5, 0.6) is 0 Å². The minimum atomic E-state index is -5.75. The second kappa shape index (κ2) is 17.0. The molecular weight excluding hydrogens is 470 g/mol. The van der Waals surface area contributed by atoms with Gasteiger partial charge in [-0.15, -0.1) is 0 Å². The van der Waals surface area contributed by atoms with E-state index in [1.807, 2.05) is 0 Å². The Bertz CT molecular complexity index is 224. The third-order valence-corrected chi connectivity index (χ3v) is 0. The molecule has 0 aromatic rings. The Kier molecular flexibility index (Phi) is 43.8. The fraction of sp³-hybridized carbons (Fsp3) is 0. The topological polar surface area (TPSA) is 161 Å². The van der Waals surface area contributed by atoms with Gasteiger partial charge in [-0.3, -0.25) is 8.42 Å². The quantitative estimate of drug-likeness (QED) is 0.194. The van der Waals surface area contributed by atoms with Crippen molar-refractivity contribution < 1.29 is 93.8 Å². The summed E-state index contributed by atoms with van der Waals surface area (Å²) in [5.74, 6) is 0. The maximum absolute atomic E-state index is 8.59. The van der Waals surface area contributed by atoms with Gasteiger partial charge in [0.05, 0.1) is 0 Å². The molecule has 14 heavy (non-hydrogen) atoms. The maximum Gasteiger partial charge on any atom is 2.00 e. The first kappa shape index (κ1) is 36.1. The summed E-state index contributed by atoms with van der Waals surface area (Å²) in [4.78, 5) is 0. The molecule has 0 N–H and O–H groups in total. The van der Waals surface area contributed by atoms with Gasteiger partial charge >= 0.3 is 152 Å². The summed E-state index contributed by atoms with van der Waals surface area (Å²) >= 11 is -5.75. The Balaban J connectivity index is -0.0000000178. The van der Waals surface area contributed by atoms with Gasteiger partial charge in [-0.25, -0.2) is 0 Å². The van der Waals surface area contributed by atoms with Crippen molar-refractivity contribution in [1.29, 1.82) is 0 Å². The molecule has 0 aliphatic heterocycles. The smallest absolute Gasteiger partial charge is 2.00 e. The number of hydrogen-bond donors (Lipinski definition) is 0. The van der Waals surface area contributed by atoms with E-state index in [-0.39, 0.29) is 122 Å². The second-order valence-corrected chi connectivity index (χ2v) is 2.91. The summed E-state index contributed by atoms with van der Waals surface area (Å²) < 4.78 is 68.5. The van der Waals surface area contributed by atoms with E-state index in [2.05, 4.69) is 0 Å². The minimum Gasteiger partial charge on any atom is 2.00 e. The van der Waals surface area contributed by atoms with Crippen LogP contribution in [-0.4, -0.2) is 93.0 Å². The van der Waals surface area contributed by atoms with E-state index in [1.165, 1.54) is 0 Å². The Labute approximate surface area is 175 Å². The average Bonchev–Trinajstić information content (AvgIpc) is 1.12. The van der Waals surface area contributed by atoms with E-state index in [0.29, 0.717) is 0 Å². The van der Waals surface area contributed by atoms with Crippen molar-refractivity contribution in [2.24, 2.45) is 0 Å². The van der Waals surface area contributed by atoms with E-state index in [0.717, 1.165) is 0 Å². The first-order valence-electron chi connectivity index (χ1n) is 1.33. The van der Waals surface area contributed by atoms with E-state index < -0.39 is 24.0 Å². The van der Waals surface area contributed by atoms with Crippen molar-refractivity contribution >= 4 is 85.9 Å². The van der Waals surface area contributed by atoms with Crippen LogP contribution in [0.2, 0.25) is 0 Å². The van der Waals surface area contributed by atoms with Crippen LogP contribution in [-0.2, 0) is 78.4 Å². The Morgan fingerprint density at radius 1 is 0.929 bits per heavy atom. The fourth-order valence-corrected chi connectivity index (χ4v) is 0. The van der Waals surface area contributed by atoms with Crippen LogP contribution >= 0.6 is 0 Å². The molecule has 0 aromatic carbocycles.